The smallest absolute Gasteiger partial charge is 0.305 e. The van der Waals surface area contributed by atoms with Crippen LogP contribution in [-0.2, 0) is 4.79 Å². The van der Waals surface area contributed by atoms with Gasteiger partial charge in [0.05, 0.1) is 29.8 Å². The Morgan fingerprint density at radius 3 is 2.79 bits per heavy atom. The average Bonchev–Trinajstić information content (AvgIpc) is 3.27. The molecule has 0 bridgehead atoms. The maximum absolute atomic E-state index is 10.8. The van der Waals surface area contributed by atoms with Crippen molar-refractivity contribution in [1.29, 1.82) is 0 Å². The molecule has 29 heavy (non-hydrogen) atoms. The van der Waals surface area contributed by atoms with Crippen LogP contribution in [0.2, 0.25) is 0 Å². The van der Waals surface area contributed by atoms with Crippen LogP contribution in [0.25, 0.3) is 22.3 Å². The number of fused-ring (bicyclic) bond motifs is 3. The number of allylic oxidation sites excluding steroid dienone is 4. The van der Waals surface area contributed by atoms with Crippen LogP contribution in [0.15, 0.2) is 37.6 Å². The number of hydrogen-bond acceptors (Lipinski definition) is 6. The van der Waals surface area contributed by atoms with Gasteiger partial charge < -0.3 is 15.9 Å². The summed E-state index contributed by atoms with van der Waals surface area (Å²) in [5.41, 5.74) is 9.57. The minimum atomic E-state index is -1.03. The van der Waals surface area contributed by atoms with Crippen LogP contribution >= 0.6 is 0 Å². The molecule has 0 aliphatic rings. The van der Waals surface area contributed by atoms with Crippen molar-refractivity contribution in [3.8, 4) is 0 Å². The topological polar surface area (TPSA) is 142 Å². The van der Waals surface area contributed by atoms with Crippen molar-refractivity contribution in [2.45, 2.75) is 38.2 Å². The van der Waals surface area contributed by atoms with Crippen molar-refractivity contribution in [2.75, 3.05) is 5.73 Å². The summed E-state index contributed by atoms with van der Waals surface area (Å²) in [5.74, 6) is -0.741. The third-order valence-electron chi connectivity index (χ3n) is 4.84. The lowest BCUT2D eigenvalue weighted by Crippen LogP contribution is -2.14. The number of hydrogen-bond donors (Lipinski definition) is 4. The van der Waals surface area contributed by atoms with E-state index in [0.29, 0.717) is 41.0 Å². The molecule has 3 heterocycles. The van der Waals surface area contributed by atoms with Gasteiger partial charge in [0.2, 0.25) is 0 Å². The molecule has 0 amide bonds. The second-order valence-corrected chi connectivity index (χ2v) is 6.92. The van der Waals surface area contributed by atoms with Gasteiger partial charge in [-0.15, -0.1) is 0 Å². The van der Waals surface area contributed by atoms with Gasteiger partial charge in [0.25, 0.3) is 0 Å². The molecule has 0 aliphatic carbocycles. The number of nitrogens with two attached hydrogens (primary N) is 1. The van der Waals surface area contributed by atoms with Gasteiger partial charge in [0.15, 0.2) is 11.3 Å². The molecule has 0 aromatic carbocycles. The third kappa shape index (κ3) is 3.90. The summed E-state index contributed by atoms with van der Waals surface area (Å²) in [6.45, 7) is 9.53. The second kappa shape index (κ2) is 8.27. The molecule has 0 fully saturated rings. The van der Waals surface area contributed by atoms with E-state index in [1.165, 1.54) is 0 Å². The fourth-order valence-corrected chi connectivity index (χ4v) is 3.36. The summed E-state index contributed by atoms with van der Waals surface area (Å²) in [6.07, 6.45) is 6.55. The van der Waals surface area contributed by atoms with Gasteiger partial charge in [-0.25, -0.2) is 4.98 Å². The molecular weight excluding hydrogens is 372 g/mol. The van der Waals surface area contributed by atoms with Crippen LogP contribution in [0, 0.1) is 0 Å². The number of carboxylic acids is 1. The maximum atomic E-state index is 10.8. The Morgan fingerprint density at radius 1 is 1.38 bits per heavy atom. The predicted molar refractivity (Wildman–Crippen MR) is 111 cm³/mol. The summed E-state index contributed by atoms with van der Waals surface area (Å²) in [4.78, 5) is 15.6. The number of aliphatic hydroxyl groups is 1. The molecule has 3 rings (SSSR count). The largest absolute Gasteiger partial charge is 0.481 e. The van der Waals surface area contributed by atoms with Crippen LogP contribution in [0.4, 0.5) is 5.82 Å². The Labute approximate surface area is 167 Å². The molecule has 0 saturated carbocycles. The van der Waals surface area contributed by atoms with E-state index in [2.05, 4.69) is 28.5 Å². The molecule has 0 saturated heterocycles. The predicted octanol–water partition coefficient (Wildman–Crippen LogP) is 2.66. The first kappa shape index (κ1) is 20.3. The first-order chi connectivity index (χ1) is 13.9. The molecule has 2 unspecified atom stereocenters. The van der Waals surface area contributed by atoms with Gasteiger partial charge >= 0.3 is 5.97 Å². The third-order valence-corrected chi connectivity index (χ3v) is 4.84. The Bertz CT molecular complexity index is 1110. The zero-order valence-electron chi connectivity index (χ0n) is 16.2. The molecule has 0 aliphatic heterocycles. The minimum Gasteiger partial charge on any atom is -0.481 e. The molecule has 0 radical (unpaired) electrons. The molecular formula is C20H24N6O3. The van der Waals surface area contributed by atoms with Crippen molar-refractivity contribution >= 4 is 34.0 Å². The number of nitrogens with zero attached hydrogens (tertiary/aromatic N) is 4. The van der Waals surface area contributed by atoms with Crippen molar-refractivity contribution in [2.24, 2.45) is 0 Å². The number of nitrogens with one attached hydrogen (secondary N) is 1. The van der Waals surface area contributed by atoms with E-state index < -0.39 is 12.1 Å². The van der Waals surface area contributed by atoms with E-state index in [0.717, 1.165) is 11.1 Å². The summed E-state index contributed by atoms with van der Waals surface area (Å²) in [6, 6.07) is 0. The lowest BCUT2D eigenvalue weighted by Gasteiger charge is -2.15. The monoisotopic (exact) mass is 396 g/mol. The normalized spacial score (nSPS) is 14.2. The van der Waals surface area contributed by atoms with Crippen molar-refractivity contribution in [3.05, 3.63) is 48.8 Å². The molecule has 9 nitrogen and oxygen atoms in total. The highest BCUT2D eigenvalue weighted by Crippen LogP contribution is 2.32. The van der Waals surface area contributed by atoms with Crippen molar-refractivity contribution in [3.63, 3.8) is 0 Å². The van der Waals surface area contributed by atoms with Gasteiger partial charge in [0.1, 0.15) is 5.82 Å². The quantitative estimate of drug-likeness (QED) is 0.407. The van der Waals surface area contributed by atoms with Crippen LogP contribution in [0.1, 0.15) is 43.4 Å². The molecule has 5 N–H and O–H groups in total. The van der Waals surface area contributed by atoms with Gasteiger partial charge in [0, 0.05) is 5.56 Å². The second-order valence-electron chi connectivity index (χ2n) is 6.92. The van der Waals surface area contributed by atoms with E-state index in [-0.39, 0.29) is 12.3 Å². The number of anilines is 1. The number of nitrogen functional groups attached to an aromatic ring is 1. The molecule has 9 heteroatoms. The lowest BCUT2D eigenvalue weighted by atomic mass is 9.96. The zero-order valence-corrected chi connectivity index (χ0v) is 16.2. The summed E-state index contributed by atoms with van der Waals surface area (Å²) in [5, 5.41) is 30.9. The molecule has 0 spiro atoms. The summed E-state index contributed by atoms with van der Waals surface area (Å²) >= 11 is 0. The van der Waals surface area contributed by atoms with Crippen LogP contribution in [0.5, 0.6) is 0 Å². The molecule has 2 atom stereocenters. The fourth-order valence-electron chi connectivity index (χ4n) is 3.36. The number of carboxylic acid groups (broad SMARTS) is 1. The van der Waals surface area contributed by atoms with Crippen molar-refractivity contribution in [1.82, 2.24) is 24.8 Å². The van der Waals surface area contributed by atoms with E-state index in [1.807, 2.05) is 13.0 Å². The van der Waals surface area contributed by atoms with Gasteiger partial charge in [-0.1, -0.05) is 38.3 Å². The van der Waals surface area contributed by atoms with E-state index in [9.17, 15) is 9.90 Å². The molecule has 152 valence electrons. The van der Waals surface area contributed by atoms with Gasteiger partial charge in [-0.3, -0.25) is 9.89 Å². The summed E-state index contributed by atoms with van der Waals surface area (Å²) < 4.78 is 1.62. The Morgan fingerprint density at radius 2 is 2.14 bits per heavy atom. The van der Waals surface area contributed by atoms with Gasteiger partial charge in [-0.05, 0) is 24.3 Å². The number of aromatic amines is 1. The number of aromatic nitrogens is 5. The van der Waals surface area contributed by atoms with E-state index in [1.54, 1.807) is 22.9 Å². The van der Waals surface area contributed by atoms with Crippen LogP contribution in [-0.4, -0.2) is 47.1 Å². The Balaban J connectivity index is 2.08. The lowest BCUT2D eigenvalue weighted by molar-refractivity contribution is -0.139. The highest BCUT2D eigenvalue weighted by atomic mass is 16.4. The van der Waals surface area contributed by atoms with Crippen LogP contribution in [0.3, 0.4) is 0 Å². The number of H-pyrrole nitrogens is 1. The standard InChI is InChI=1S/C20H24N6O3/c1-4-6-12(5-2)14-10-22-26-19(14)23-17(16-18(21)24-25-20(16)26)11(3)7-8-13(27)9-15(28)29/h4-6,10-11,13,27H,1-2,7-9H2,3H3,(H,28,29)(H3,21,24,25)/b12-6+. The summed E-state index contributed by atoms with van der Waals surface area (Å²) in [7, 11) is 0. The number of aliphatic hydroxyl groups excluding tert-OH is 1. The zero-order chi connectivity index (χ0) is 21.1. The number of rotatable bonds is 9. The van der Waals surface area contributed by atoms with E-state index in [4.69, 9.17) is 15.8 Å². The maximum Gasteiger partial charge on any atom is 0.305 e. The number of carbonyl (C=O) groups is 1. The number of aliphatic carboxylic acids is 1. The highest BCUT2D eigenvalue weighted by molar-refractivity contribution is 5.92. The first-order valence-electron chi connectivity index (χ1n) is 9.23. The van der Waals surface area contributed by atoms with Crippen LogP contribution < -0.4 is 5.73 Å². The Kier molecular flexibility index (Phi) is 5.79. The Hall–Kier alpha value is -3.46. The molecule has 3 aromatic heterocycles. The van der Waals surface area contributed by atoms with Crippen molar-refractivity contribution < 1.29 is 15.0 Å². The SMILES string of the molecule is C=C/C=C(\C=C)c1cnn2c1nc(C(C)CCC(O)CC(=O)O)c1c(N)[nH]nc12. The first-order valence-corrected chi connectivity index (χ1v) is 9.23. The van der Waals surface area contributed by atoms with Gasteiger partial charge in [-0.2, -0.15) is 14.7 Å². The van der Waals surface area contributed by atoms with E-state index >= 15 is 0 Å². The highest BCUT2D eigenvalue weighted by Gasteiger charge is 2.22. The minimum absolute atomic E-state index is 0.0934. The average molecular weight is 396 g/mol. The molecule has 3 aromatic rings. The fraction of sp³-hybridized carbons (Fsp3) is 0.300.